The van der Waals surface area contributed by atoms with Crippen LogP contribution in [-0.4, -0.2) is 53.5 Å². The number of nitrogen functional groups attached to an aromatic ring is 1. The van der Waals surface area contributed by atoms with Crippen molar-refractivity contribution in [1.82, 2.24) is 9.88 Å². The summed E-state index contributed by atoms with van der Waals surface area (Å²) >= 11 is 0. The third kappa shape index (κ3) is 4.87. The number of para-hydroxylation sites is 2. The summed E-state index contributed by atoms with van der Waals surface area (Å²) in [7, 11) is 0. The molecule has 0 atom stereocenters. The molecule has 1 fully saturated rings. The molecule has 0 bridgehead atoms. The molecule has 0 unspecified atom stereocenters. The minimum Gasteiger partial charge on any atom is -0.491 e. The Hall–Kier alpha value is -3.36. The van der Waals surface area contributed by atoms with Crippen LogP contribution < -0.4 is 15.4 Å². The largest absolute Gasteiger partial charge is 0.491 e. The number of nitro groups is 1. The van der Waals surface area contributed by atoms with Gasteiger partial charge in [-0.1, -0.05) is 12.1 Å². The van der Waals surface area contributed by atoms with Crippen LogP contribution in [0.2, 0.25) is 0 Å². The van der Waals surface area contributed by atoms with Crippen molar-refractivity contribution < 1.29 is 14.5 Å². The van der Waals surface area contributed by atoms with Gasteiger partial charge in [-0.3, -0.25) is 14.9 Å². The van der Waals surface area contributed by atoms with E-state index in [1.165, 1.54) is 12.3 Å². The molecule has 0 radical (unpaired) electrons. The number of carbonyl (C=O) groups is 1. The number of aromatic nitrogens is 1. The molecular formula is C19H23N5O4. The zero-order chi connectivity index (χ0) is 19.9. The molecule has 1 aliphatic rings. The number of hydrogen-bond donors (Lipinski definition) is 1. The van der Waals surface area contributed by atoms with Gasteiger partial charge in [-0.15, -0.1) is 0 Å². The summed E-state index contributed by atoms with van der Waals surface area (Å²) in [4.78, 5) is 30.6. The summed E-state index contributed by atoms with van der Waals surface area (Å²) in [6.45, 7) is 2.93. The van der Waals surface area contributed by atoms with Gasteiger partial charge in [0.2, 0.25) is 5.91 Å². The average Bonchev–Trinajstić information content (AvgIpc) is 2.72. The van der Waals surface area contributed by atoms with Gasteiger partial charge in [0, 0.05) is 38.7 Å². The predicted molar refractivity (Wildman–Crippen MR) is 105 cm³/mol. The molecule has 2 aromatic rings. The van der Waals surface area contributed by atoms with Crippen LogP contribution in [0.1, 0.15) is 12.8 Å². The molecule has 1 amide bonds. The van der Waals surface area contributed by atoms with E-state index in [-0.39, 0.29) is 11.6 Å². The lowest BCUT2D eigenvalue weighted by atomic mass is 10.2. The Bertz CT molecular complexity index is 819. The highest BCUT2D eigenvalue weighted by Gasteiger charge is 2.22. The summed E-state index contributed by atoms with van der Waals surface area (Å²) in [6.07, 6.45) is 2.30. The lowest BCUT2D eigenvalue weighted by Gasteiger charge is -2.35. The van der Waals surface area contributed by atoms with E-state index in [1.54, 1.807) is 12.1 Å². The molecule has 1 aromatic heterocycles. The Kier molecular flexibility index (Phi) is 6.25. The number of anilines is 2. The lowest BCUT2D eigenvalue weighted by Crippen LogP contribution is -2.49. The number of carbonyl (C=O) groups excluding carboxylic acids is 1. The molecule has 28 heavy (non-hydrogen) atoms. The smallest absolute Gasteiger partial charge is 0.287 e. The van der Waals surface area contributed by atoms with Crippen molar-refractivity contribution in [3.05, 3.63) is 52.7 Å². The Morgan fingerprint density at radius 3 is 2.57 bits per heavy atom. The molecule has 3 rings (SSSR count). The highest BCUT2D eigenvalue weighted by molar-refractivity contribution is 5.76. The van der Waals surface area contributed by atoms with Gasteiger partial charge in [0.1, 0.15) is 17.8 Å². The molecule has 148 valence electrons. The molecule has 9 nitrogen and oxygen atoms in total. The van der Waals surface area contributed by atoms with Crippen LogP contribution in [0.25, 0.3) is 0 Å². The number of benzene rings is 1. The first-order valence-corrected chi connectivity index (χ1v) is 9.15. The quantitative estimate of drug-likeness (QED) is 0.336. The number of ether oxygens (including phenoxy) is 1. The van der Waals surface area contributed by atoms with Crippen LogP contribution in [0.3, 0.4) is 0 Å². The number of pyridine rings is 1. The van der Waals surface area contributed by atoms with Crippen LogP contribution in [0.5, 0.6) is 5.75 Å². The molecular weight excluding hydrogens is 362 g/mol. The molecule has 2 heterocycles. The van der Waals surface area contributed by atoms with Crippen LogP contribution in [0.15, 0.2) is 42.6 Å². The Labute approximate surface area is 162 Å². The average molecular weight is 385 g/mol. The highest BCUT2D eigenvalue weighted by atomic mass is 16.6. The first-order chi connectivity index (χ1) is 13.5. The number of rotatable bonds is 7. The number of piperazine rings is 1. The molecule has 1 aromatic carbocycles. The van der Waals surface area contributed by atoms with E-state index >= 15 is 0 Å². The zero-order valence-electron chi connectivity index (χ0n) is 15.5. The van der Waals surface area contributed by atoms with Gasteiger partial charge in [-0.05, 0) is 24.6 Å². The summed E-state index contributed by atoms with van der Waals surface area (Å²) in [5.41, 5.74) is 6.38. The van der Waals surface area contributed by atoms with Crippen molar-refractivity contribution in [2.24, 2.45) is 0 Å². The molecule has 2 N–H and O–H groups in total. The Morgan fingerprint density at radius 1 is 1.18 bits per heavy atom. The topological polar surface area (TPSA) is 115 Å². The Morgan fingerprint density at radius 2 is 1.93 bits per heavy atom. The first-order valence-electron chi connectivity index (χ1n) is 9.15. The molecule has 9 heteroatoms. The fourth-order valence-corrected chi connectivity index (χ4v) is 3.03. The summed E-state index contributed by atoms with van der Waals surface area (Å²) in [6, 6.07) is 10.4. The van der Waals surface area contributed by atoms with Crippen LogP contribution in [-0.2, 0) is 4.79 Å². The number of hydrogen-bond acceptors (Lipinski definition) is 7. The standard InChI is InChI=1S/C19H23N5O4/c20-16-4-1-2-5-17(16)28-13-3-6-19(25)23-11-9-22(10-12-23)18-8-7-15(14-21-18)24(26)27/h1-2,4-5,7-8,14H,3,6,9-13,20H2. The number of nitrogens with two attached hydrogens (primary N) is 1. The van der Waals surface area contributed by atoms with Crippen LogP contribution >= 0.6 is 0 Å². The summed E-state index contributed by atoms with van der Waals surface area (Å²) in [5.74, 6) is 1.42. The van der Waals surface area contributed by atoms with Gasteiger partial charge in [0.15, 0.2) is 0 Å². The van der Waals surface area contributed by atoms with Gasteiger partial charge in [0.25, 0.3) is 5.69 Å². The van der Waals surface area contributed by atoms with Crippen molar-refractivity contribution >= 4 is 23.1 Å². The molecule has 0 saturated carbocycles. The Balaban J connectivity index is 1.40. The van der Waals surface area contributed by atoms with Gasteiger partial charge >= 0.3 is 0 Å². The molecule has 1 saturated heterocycles. The minimum absolute atomic E-state index is 0.0305. The lowest BCUT2D eigenvalue weighted by molar-refractivity contribution is -0.385. The van der Waals surface area contributed by atoms with Crippen molar-refractivity contribution in [3.8, 4) is 5.75 Å². The maximum absolute atomic E-state index is 12.4. The van der Waals surface area contributed by atoms with E-state index in [9.17, 15) is 14.9 Å². The van der Waals surface area contributed by atoms with Crippen molar-refractivity contribution in [1.29, 1.82) is 0 Å². The second kappa shape index (κ2) is 9.03. The molecule has 1 aliphatic heterocycles. The van der Waals surface area contributed by atoms with Crippen molar-refractivity contribution in [2.45, 2.75) is 12.8 Å². The summed E-state index contributed by atoms with van der Waals surface area (Å²) < 4.78 is 5.62. The third-order valence-electron chi connectivity index (χ3n) is 4.61. The second-order valence-corrected chi connectivity index (χ2v) is 6.49. The number of amides is 1. The van der Waals surface area contributed by atoms with Crippen molar-refractivity contribution in [2.75, 3.05) is 43.4 Å². The van der Waals surface area contributed by atoms with Gasteiger partial charge in [0.05, 0.1) is 17.2 Å². The summed E-state index contributed by atoms with van der Waals surface area (Å²) in [5, 5.41) is 10.7. The van der Waals surface area contributed by atoms with E-state index in [2.05, 4.69) is 4.98 Å². The van der Waals surface area contributed by atoms with E-state index < -0.39 is 4.92 Å². The highest BCUT2D eigenvalue weighted by Crippen LogP contribution is 2.20. The fraction of sp³-hybridized carbons (Fsp3) is 0.368. The maximum Gasteiger partial charge on any atom is 0.287 e. The SMILES string of the molecule is Nc1ccccc1OCCCC(=O)N1CCN(c2ccc([N+](=O)[O-])cn2)CC1. The number of nitrogens with zero attached hydrogens (tertiary/aromatic N) is 4. The van der Waals surface area contributed by atoms with E-state index in [0.717, 1.165) is 0 Å². The van der Waals surface area contributed by atoms with E-state index in [1.807, 2.05) is 28.0 Å². The van der Waals surface area contributed by atoms with Gasteiger partial charge in [-0.2, -0.15) is 0 Å². The first kappa shape index (κ1) is 19.4. The third-order valence-corrected chi connectivity index (χ3v) is 4.61. The maximum atomic E-state index is 12.4. The monoisotopic (exact) mass is 385 g/mol. The van der Waals surface area contributed by atoms with Gasteiger partial charge < -0.3 is 20.3 Å². The van der Waals surface area contributed by atoms with E-state index in [4.69, 9.17) is 10.5 Å². The van der Waals surface area contributed by atoms with Crippen LogP contribution in [0, 0.1) is 10.1 Å². The fourth-order valence-electron chi connectivity index (χ4n) is 3.03. The van der Waals surface area contributed by atoms with Crippen molar-refractivity contribution in [3.63, 3.8) is 0 Å². The zero-order valence-corrected chi connectivity index (χ0v) is 15.5. The van der Waals surface area contributed by atoms with Gasteiger partial charge in [-0.25, -0.2) is 4.98 Å². The minimum atomic E-state index is -0.469. The van der Waals surface area contributed by atoms with E-state index in [0.29, 0.717) is 62.9 Å². The van der Waals surface area contributed by atoms with Crippen LogP contribution in [0.4, 0.5) is 17.2 Å². The molecule has 0 spiro atoms. The normalized spacial score (nSPS) is 14.0. The molecule has 0 aliphatic carbocycles. The second-order valence-electron chi connectivity index (χ2n) is 6.49. The predicted octanol–water partition coefficient (Wildman–Crippen LogP) is 2.08.